The molecule has 2 fully saturated rings. The lowest BCUT2D eigenvalue weighted by atomic mass is 9.84. The van der Waals surface area contributed by atoms with Gasteiger partial charge in [-0.3, -0.25) is 4.79 Å². The van der Waals surface area contributed by atoms with Crippen LogP contribution in [0.4, 0.5) is 0 Å². The molecule has 0 spiro atoms. The summed E-state index contributed by atoms with van der Waals surface area (Å²) in [5.41, 5.74) is 0.256. The number of carbonyl (C=O) groups excluding carboxylic acids is 1. The first-order valence-electron chi connectivity index (χ1n) is 8.29. The standard InChI is InChI=1S/C18H23NO3S/c1-11(15-9-12-6-7-13(15)8-12)19-17(20)10-23-16-5-3-2-4-14(16)18(21)22/h2-5,11-13,15H,6-10H2,1H3,(H,19,20)(H,21,22)/t11-,12+,13+,15+/m1/s1. The monoisotopic (exact) mass is 333 g/mol. The lowest BCUT2D eigenvalue weighted by Gasteiger charge is -2.28. The Morgan fingerprint density at radius 1 is 1.30 bits per heavy atom. The zero-order valence-corrected chi connectivity index (χ0v) is 14.1. The van der Waals surface area contributed by atoms with E-state index < -0.39 is 5.97 Å². The van der Waals surface area contributed by atoms with Gasteiger partial charge in [-0.1, -0.05) is 18.6 Å². The third-order valence-corrected chi connectivity index (χ3v) is 6.37. The van der Waals surface area contributed by atoms with Gasteiger partial charge in [-0.2, -0.15) is 0 Å². The Balaban J connectivity index is 1.51. The van der Waals surface area contributed by atoms with Crippen molar-refractivity contribution < 1.29 is 14.7 Å². The van der Waals surface area contributed by atoms with Gasteiger partial charge < -0.3 is 10.4 Å². The SMILES string of the molecule is C[C@@H](NC(=O)CSc1ccccc1C(=O)O)[C@@H]1C[C@H]2CC[C@H]1C2. The molecule has 0 aliphatic heterocycles. The average molecular weight is 333 g/mol. The second-order valence-electron chi connectivity index (χ2n) is 6.78. The second-order valence-corrected chi connectivity index (χ2v) is 7.80. The summed E-state index contributed by atoms with van der Waals surface area (Å²) in [5, 5.41) is 12.3. The van der Waals surface area contributed by atoms with Gasteiger partial charge in [0.25, 0.3) is 0 Å². The fourth-order valence-electron chi connectivity index (χ4n) is 4.22. The predicted molar refractivity (Wildman–Crippen MR) is 90.7 cm³/mol. The molecule has 2 saturated carbocycles. The molecule has 2 bridgehead atoms. The minimum Gasteiger partial charge on any atom is -0.478 e. The van der Waals surface area contributed by atoms with E-state index in [-0.39, 0.29) is 23.3 Å². The van der Waals surface area contributed by atoms with Crippen LogP contribution in [0.1, 0.15) is 43.0 Å². The van der Waals surface area contributed by atoms with Crippen molar-refractivity contribution in [2.45, 2.75) is 43.5 Å². The lowest BCUT2D eigenvalue weighted by Crippen LogP contribution is -2.40. The number of thioether (sulfide) groups is 1. The van der Waals surface area contributed by atoms with Crippen LogP contribution in [0.15, 0.2) is 29.2 Å². The Kier molecular flexibility index (Phi) is 4.95. The minimum atomic E-state index is -0.955. The summed E-state index contributed by atoms with van der Waals surface area (Å²) in [6.45, 7) is 2.11. The normalized spacial score (nSPS) is 26.9. The summed E-state index contributed by atoms with van der Waals surface area (Å²) in [6, 6.07) is 7.03. The molecule has 5 heteroatoms. The van der Waals surface area contributed by atoms with Gasteiger partial charge in [-0.15, -0.1) is 11.8 Å². The van der Waals surface area contributed by atoms with Crippen molar-refractivity contribution in [1.82, 2.24) is 5.32 Å². The smallest absolute Gasteiger partial charge is 0.336 e. The number of carboxylic acids is 1. The van der Waals surface area contributed by atoms with Gasteiger partial charge in [0.05, 0.1) is 11.3 Å². The summed E-state index contributed by atoms with van der Waals surface area (Å²) in [6.07, 6.45) is 5.27. The highest BCUT2D eigenvalue weighted by Gasteiger charge is 2.42. The predicted octanol–water partition coefficient (Wildman–Crippen LogP) is 3.42. The fourth-order valence-corrected chi connectivity index (χ4v) is 5.08. The first kappa shape index (κ1) is 16.4. The zero-order valence-electron chi connectivity index (χ0n) is 13.3. The highest BCUT2D eigenvalue weighted by Crippen LogP contribution is 2.49. The van der Waals surface area contributed by atoms with Crippen molar-refractivity contribution in [2.24, 2.45) is 17.8 Å². The van der Waals surface area contributed by atoms with Crippen molar-refractivity contribution in [3.8, 4) is 0 Å². The maximum Gasteiger partial charge on any atom is 0.336 e. The number of amides is 1. The molecule has 2 N–H and O–H groups in total. The van der Waals surface area contributed by atoms with Gasteiger partial charge >= 0.3 is 5.97 Å². The van der Waals surface area contributed by atoms with Crippen LogP contribution in [-0.4, -0.2) is 28.8 Å². The minimum absolute atomic E-state index is 0.00883. The van der Waals surface area contributed by atoms with E-state index in [2.05, 4.69) is 12.2 Å². The summed E-state index contributed by atoms with van der Waals surface area (Å²) < 4.78 is 0. The molecule has 0 radical (unpaired) electrons. The molecule has 3 rings (SSSR count). The molecule has 4 nitrogen and oxygen atoms in total. The van der Waals surface area contributed by atoms with E-state index in [1.807, 2.05) is 0 Å². The van der Waals surface area contributed by atoms with E-state index in [1.54, 1.807) is 24.3 Å². The summed E-state index contributed by atoms with van der Waals surface area (Å²) >= 11 is 1.29. The van der Waals surface area contributed by atoms with Gasteiger partial charge in [-0.25, -0.2) is 4.79 Å². The van der Waals surface area contributed by atoms with Crippen LogP contribution in [-0.2, 0) is 4.79 Å². The number of hydrogen-bond acceptors (Lipinski definition) is 3. The molecular weight excluding hydrogens is 310 g/mol. The van der Waals surface area contributed by atoms with E-state index in [0.717, 1.165) is 11.8 Å². The maximum absolute atomic E-state index is 12.2. The third-order valence-electron chi connectivity index (χ3n) is 5.30. The van der Waals surface area contributed by atoms with Crippen LogP contribution in [0.25, 0.3) is 0 Å². The van der Waals surface area contributed by atoms with Gasteiger partial charge in [0.1, 0.15) is 0 Å². The molecule has 4 atom stereocenters. The summed E-state index contributed by atoms with van der Waals surface area (Å²) in [7, 11) is 0. The van der Waals surface area contributed by atoms with Gasteiger partial charge in [-0.05, 0) is 56.1 Å². The Morgan fingerprint density at radius 2 is 2.09 bits per heavy atom. The van der Waals surface area contributed by atoms with Crippen LogP contribution in [0.2, 0.25) is 0 Å². The first-order valence-corrected chi connectivity index (χ1v) is 9.27. The second kappa shape index (κ2) is 6.95. The Hall–Kier alpha value is -1.49. The van der Waals surface area contributed by atoms with Crippen LogP contribution >= 0.6 is 11.8 Å². The number of hydrogen-bond donors (Lipinski definition) is 2. The summed E-state index contributed by atoms with van der Waals surface area (Å²) in [5.74, 6) is 1.58. The number of nitrogens with one attached hydrogen (secondary N) is 1. The first-order chi connectivity index (χ1) is 11.0. The molecule has 1 aromatic rings. The van der Waals surface area contributed by atoms with Crippen molar-refractivity contribution in [2.75, 3.05) is 5.75 Å². The number of carboxylic acid groups (broad SMARTS) is 1. The number of carbonyl (C=O) groups is 2. The molecule has 2 aliphatic rings. The largest absolute Gasteiger partial charge is 0.478 e. The van der Waals surface area contributed by atoms with Crippen LogP contribution in [0.3, 0.4) is 0 Å². The van der Waals surface area contributed by atoms with Crippen LogP contribution in [0, 0.1) is 17.8 Å². The third kappa shape index (κ3) is 3.71. The number of rotatable bonds is 6. The Bertz CT molecular complexity index is 604. The maximum atomic E-state index is 12.2. The molecule has 1 aromatic carbocycles. The zero-order chi connectivity index (χ0) is 16.4. The molecule has 2 aliphatic carbocycles. The molecular formula is C18H23NO3S. The van der Waals surface area contributed by atoms with Crippen LogP contribution in [0.5, 0.6) is 0 Å². The van der Waals surface area contributed by atoms with E-state index in [1.165, 1.54) is 37.4 Å². The van der Waals surface area contributed by atoms with Crippen molar-refractivity contribution in [1.29, 1.82) is 0 Å². The van der Waals surface area contributed by atoms with E-state index in [4.69, 9.17) is 5.11 Å². The molecule has 0 heterocycles. The molecule has 23 heavy (non-hydrogen) atoms. The average Bonchev–Trinajstić information content (AvgIpc) is 3.16. The highest BCUT2D eigenvalue weighted by atomic mass is 32.2. The Morgan fingerprint density at radius 3 is 2.74 bits per heavy atom. The quantitative estimate of drug-likeness (QED) is 0.783. The Labute approximate surface area is 141 Å². The van der Waals surface area contributed by atoms with Crippen molar-refractivity contribution in [3.63, 3.8) is 0 Å². The topological polar surface area (TPSA) is 66.4 Å². The molecule has 124 valence electrons. The molecule has 0 saturated heterocycles. The van der Waals surface area contributed by atoms with E-state index in [9.17, 15) is 9.59 Å². The van der Waals surface area contributed by atoms with Crippen LogP contribution < -0.4 is 5.32 Å². The summed E-state index contributed by atoms with van der Waals surface area (Å²) in [4.78, 5) is 24.0. The number of benzene rings is 1. The molecule has 0 unspecified atom stereocenters. The van der Waals surface area contributed by atoms with Crippen molar-refractivity contribution in [3.05, 3.63) is 29.8 Å². The van der Waals surface area contributed by atoms with Gasteiger partial charge in [0.15, 0.2) is 0 Å². The van der Waals surface area contributed by atoms with E-state index in [0.29, 0.717) is 10.8 Å². The molecule has 1 amide bonds. The highest BCUT2D eigenvalue weighted by molar-refractivity contribution is 8.00. The number of fused-ring (bicyclic) bond motifs is 2. The lowest BCUT2D eigenvalue weighted by molar-refractivity contribution is -0.119. The fraction of sp³-hybridized carbons (Fsp3) is 0.556. The number of aromatic carboxylic acids is 1. The molecule has 0 aromatic heterocycles. The van der Waals surface area contributed by atoms with Gasteiger partial charge in [0, 0.05) is 10.9 Å². The van der Waals surface area contributed by atoms with Gasteiger partial charge in [0.2, 0.25) is 5.91 Å². The van der Waals surface area contributed by atoms with Crippen molar-refractivity contribution >= 4 is 23.6 Å². The van der Waals surface area contributed by atoms with E-state index >= 15 is 0 Å².